The lowest BCUT2D eigenvalue weighted by molar-refractivity contribution is 0.338. The molecule has 2 aliphatic heterocycles. The molecule has 0 unspecified atom stereocenters. The van der Waals surface area contributed by atoms with Crippen LogP contribution in [0.2, 0.25) is 0 Å². The Labute approximate surface area is 353 Å². The van der Waals surface area contributed by atoms with Gasteiger partial charge in [-0.3, -0.25) is 9.98 Å². The Hall–Kier alpha value is -6.66. The number of para-hydroxylation sites is 2. The van der Waals surface area contributed by atoms with Crippen LogP contribution in [0.5, 0.6) is 0 Å². The first kappa shape index (κ1) is 37.6. The van der Waals surface area contributed by atoms with Gasteiger partial charge in [0.05, 0.1) is 33.5 Å². The third-order valence-electron chi connectivity index (χ3n) is 13.7. The maximum absolute atomic E-state index is 5.31. The molecular formula is C54H50N6. The van der Waals surface area contributed by atoms with E-state index < -0.39 is 0 Å². The van der Waals surface area contributed by atoms with E-state index in [4.69, 9.17) is 20.0 Å². The number of fused-ring (bicyclic) bond motifs is 6. The number of rotatable bonds is 6. The maximum Gasteiger partial charge on any atom is 0.155 e. The van der Waals surface area contributed by atoms with Gasteiger partial charge in [-0.25, -0.2) is 9.97 Å². The number of pyridine rings is 2. The molecular weight excluding hydrogens is 733 g/mol. The number of amidine groups is 2. The standard InChI is InChI=1S/C54H50N6/c1-51(2)53(5,6)59(37-19-11-9-12-20-37)49(57-51)47-27-17-25-45(55-47)35-29-31-41-42-32-30-36(34-44(42)40-24-16-15-23-39(40)43(41)33-35)46-26-18-28-48(56-46)50-58-52(3,4)54(7,8)60(50)38-21-13-10-14-22-38/h9-34H,1-8H3. The fourth-order valence-electron chi connectivity index (χ4n) is 9.08. The summed E-state index contributed by atoms with van der Waals surface area (Å²) in [5.74, 6) is 1.78. The minimum Gasteiger partial charge on any atom is -0.317 e. The molecule has 0 saturated carbocycles. The van der Waals surface area contributed by atoms with E-state index in [9.17, 15) is 0 Å². The third kappa shape index (κ3) is 5.76. The molecule has 4 heterocycles. The summed E-state index contributed by atoms with van der Waals surface area (Å²) in [6, 6.07) is 56.0. The highest BCUT2D eigenvalue weighted by atomic mass is 15.4. The molecule has 0 amide bonds. The summed E-state index contributed by atoms with van der Waals surface area (Å²) in [4.78, 5) is 25.9. The summed E-state index contributed by atoms with van der Waals surface area (Å²) >= 11 is 0. The van der Waals surface area contributed by atoms with Crippen LogP contribution < -0.4 is 9.80 Å². The molecule has 0 bridgehead atoms. The van der Waals surface area contributed by atoms with Crippen LogP contribution in [0.4, 0.5) is 11.4 Å². The van der Waals surface area contributed by atoms with E-state index in [2.05, 4.69) is 223 Å². The van der Waals surface area contributed by atoms with Gasteiger partial charge in [-0.05, 0) is 148 Å². The lowest BCUT2D eigenvalue weighted by Gasteiger charge is -2.41. The second-order valence-electron chi connectivity index (χ2n) is 18.3. The van der Waals surface area contributed by atoms with Gasteiger partial charge >= 0.3 is 0 Å². The molecule has 6 aromatic carbocycles. The molecule has 0 saturated heterocycles. The molecule has 0 radical (unpaired) electrons. The summed E-state index contributed by atoms with van der Waals surface area (Å²) in [5.41, 5.74) is 6.78. The molecule has 2 aromatic heterocycles. The predicted molar refractivity (Wildman–Crippen MR) is 253 cm³/mol. The van der Waals surface area contributed by atoms with Gasteiger partial charge in [0.25, 0.3) is 0 Å². The van der Waals surface area contributed by atoms with Gasteiger partial charge in [0.1, 0.15) is 11.4 Å². The zero-order valence-electron chi connectivity index (χ0n) is 35.7. The van der Waals surface area contributed by atoms with Gasteiger partial charge in [-0.15, -0.1) is 0 Å². The second-order valence-corrected chi connectivity index (χ2v) is 18.3. The number of aromatic nitrogens is 2. The van der Waals surface area contributed by atoms with Crippen molar-refractivity contribution in [1.29, 1.82) is 0 Å². The van der Waals surface area contributed by atoms with Crippen molar-refractivity contribution >= 4 is 55.4 Å². The van der Waals surface area contributed by atoms with Crippen LogP contribution in [-0.4, -0.2) is 43.8 Å². The fourth-order valence-corrected chi connectivity index (χ4v) is 9.08. The minimum absolute atomic E-state index is 0.258. The van der Waals surface area contributed by atoms with E-state index in [0.29, 0.717) is 0 Å². The van der Waals surface area contributed by atoms with Crippen molar-refractivity contribution in [3.05, 3.63) is 169 Å². The molecule has 2 aliphatic rings. The largest absolute Gasteiger partial charge is 0.317 e. The second kappa shape index (κ2) is 13.4. The van der Waals surface area contributed by atoms with Gasteiger partial charge < -0.3 is 9.80 Å². The molecule has 6 heteroatoms. The Bertz CT molecular complexity index is 2820. The van der Waals surface area contributed by atoms with Crippen LogP contribution in [0.3, 0.4) is 0 Å². The molecule has 296 valence electrons. The summed E-state index contributed by atoms with van der Waals surface area (Å²) in [6.07, 6.45) is 0. The molecule has 6 nitrogen and oxygen atoms in total. The molecule has 8 aromatic rings. The summed E-state index contributed by atoms with van der Waals surface area (Å²) < 4.78 is 0. The molecule has 0 spiro atoms. The highest BCUT2D eigenvalue weighted by molar-refractivity contribution is 6.26. The molecule has 10 rings (SSSR count). The minimum atomic E-state index is -0.319. The summed E-state index contributed by atoms with van der Waals surface area (Å²) in [5, 5.41) is 7.23. The Morgan fingerprint density at radius 2 is 0.683 bits per heavy atom. The number of aliphatic imine (C=N–C) groups is 2. The van der Waals surface area contributed by atoms with Crippen molar-refractivity contribution in [3.63, 3.8) is 0 Å². The Morgan fingerprint density at radius 3 is 1.08 bits per heavy atom. The van der Waals surface area contributed by atoms with E-state index >= 15 is 0 Å². The average molecular weight is 783 g/mol. The smallest absolute Gasteiger partial charge is 0.155 e. The highest BCUT2D eigenvalue weighted by Gasteiger charge is 2.51. The lowest BCUT2D eigenvalue weighted by Crippen LogP contribution is -2.53. The van der Waals surface area contributed by atoms with Crippen LogP contribution in [0.1, 0.15) is 66.8 Å². The van der Waals surface area contributed by atoms with E-state index in [1.165, 1.54) is 32.3 Å². The fraction of sp³-hybridized carbons (Fsp3) is 0.222. The van der Waals surface area contributed by atoms with E-state index in [0.717, 1.165) is 56.9 Å². The first-order valence-electron chi connectivity index (χ1n) is 21.0. The highest BCUT2D eigenvalue weighted by Crippen LogP contribution is 2.44. The number of hydrogen-bond donors (Lipinski definition) is 0. The van der Waals surface area contributed by atoms with Crippen LogP contribution in [-0.2, 0) is 0 Å². The topological polar surface area (TPSA) is 57.0 Å². The van der Waals surface area contributed by atoms with Gasteiger partial charge in [0.2, 0.25) is 0 Å². The van der Waals surface area contributed by atoms with Crippen LogP contribution in [0.15, 0.2) is 168 Å². The zero-order chi connectivity index (χ0) is 41.6. The molecule has 0 fully saturated rings. The molecule has 0 atom stereocenters. The van der Waals surface area contributed by atoms with Crippen molar-refractivity contribution in [1.82, 2.24) is 9.97 Å². The van der Waals surface area contributed by atoms with Gasteiger partial charge in [-0.2, -0.15) is 0 Å². The molecule has 0 N–H and O–H groups in total. The SMILES string of the molecule is CC1(C)N=C(c2cccc(-c3ccc4c5ccc(-c6cccc(C7=NC(C)(C)C(C)(C)N7c7ccccc7)n6)cc5c5ccccc5c4c3)n2)N(c2ccccc2)C1(C)C. The van der Waals surface area contributed by atoms with Crippen molar-refractivity contribution in [2.24, 2.45) is 9.98 Å². The lowest BCUT2D eigenvalue weighted by atomic mass is 9.83. The van der Waals surface area contributed by atoms with Crippen LogP contribution in [0, 0.1) is 0 Å². The first-order chi connectivity index (χ1) is 28.7. The normalized spacial score (nSPS) is 17.7. The molecule has 0 aliphatic carbocycles. The number of nitrogens with zero attached hydrogens (tertiary/aromatic N) is 6. The monoisotopic (exact) mass is 782 g/mol. The van der Waals surface area contributed by atoms with Gasteiger partial charge in [0, 0.05) is 22.5 Å². The van der Waals surface area contributed by atoms with E-state index in [1.54, 1.807) is 0 Å². The zero-order valence-corrected chi connectivity index (χ0v) is 35.7. The summed E-state index contributed by atoms with van der Waals surface area (Å²) in [7, 11) is 0. The number of hydrogen-bond acceptors (Lipinski definition) is 6. The van der Waals surface area contributed by atoms with Gasteiger partial charge in [0.15, 0.2) is 11.7 Å². The predicted octanol–water partition coefficient (Wildman–Crippen LogP) is 12.9. The van der Waals surface area contributed by atoms with E-state index in [1.807, 2.05) is 0 Å². The van der Waals surface area contributed by atoms with Crippen molar-refractivity contribution in [3.8, 4) is 22.5 Å². The van der Waals surface area contributed by atoms with Crippen LogP contribution >= 0.6 is 0 Å². The van der Waals surface area contributed by atoms with Gasteiger partial charge in [-0.1, -0.05) is 97.1 Å². The first-order valence-corrected chi connectivity index (χ1v) is 21.0. The maximum atomic E-state index is 5.31. The van der Waals surface area contributed by atoms with Crippen molar-refractivity contribution < 1.29 is 0 Å². The van der Waals surface area contributed by atoms with Crippen LogP contribution in [0.25, 0.3) is 54.8 Å². The number of anilines is 2. The Kier molecular flexibility index (Phi) is 8.42. The number of benzene rings is 6. The average Bonchev–Trinajstić information content (AvgIpc) is 3.58. The summed E-state index contributed by atoms with van der Waals surface area (Å²) in [6.45, 7) is 17.9. The Morgan fingerprint density at radius 1 is 0.333 bits per heavy atom. The quantitative estimate of drug-likeness (QED) is 0.158. The molecule has 60 heavy (non-hydrogen) atoms. The van der Waals surface area contributed by atoms with Crippen molar-refractivity contribution in [2.45, 2.75) is 77.5 Å². The van der Waals surface area contributed by atoms with Crippen molar-refractivity contribution in [2.75, 3.05) is 9.80 Å². The third-order valence-corrected chi connectivity index (χ3v) is 13.7. The Balaban J connectivity index is 1.05. The van der Waals surface area contributed by atoms with E-state index in [-0.39, 0.29) is 22.2 Å².